The average molecular weight is 395 g/mol. The number of hydrogen-bond donors (Lipinski definition) is 0. The van der Waals surface area contributed by atoms with Gasteiger partial charge < -0.3 is 9.47 Å². The highest BCUT2D eigenvalue weighted by molar-refractivity contribution is 7.14. The Morgan fingerprint density at radius 3 is 2.88 bits per heavy atom. The maximum absolute atomic E-state index is 12.1. The molecule has 5 nitrogen and oxygen atoms in total. The molecule has 0 N–H and O–H groups in total. The van der Waals surface area contributed by atoms with E-state index in [0.29, 0.717) is 18.2 Å². The van der Waals surface area contributed by atoms with E-state index in [9.17, 15) is 4.79 Å². The maximum Gasteiger partial charge on any atom is 0.308 e. The monoisotopic (exact) mass is 394 g/mol. The van der Waals surface area contributed by atoms with E-state index in [1.807, 2.05) is 32.0 Å². The smallest absolute Gasteiger partial charge is 0.308 e. The molecule has 2 atom stereocenters. The topological polar surface area (TPSA) is 61.3 Å². The number of nitrogens with zero attached hydrogens (tertiary/aromatic N) is 2. The van der Waals surface area contributed by atoms with Gasteiger partial charge in [0, 0.05) is 10.9 Å². The Balaban J connectivity index is 1.80. The first-order valence-corrected chi connectivity index (χ1v) is 10.2. The third kappa shape index (κ3) is 4.35. The van der Waals surface area contributed by atoms with Crippen molar-refractivity contribution in [3.8, 4) is 16.3 Å². The molecule has 2 unspecified atom stereocenters. The number of benzene rings is 1. The molecule has 140 valence electrons. The largest absolute Gasteiger partial charge is 0.493 e. The summed E-state index contributed by atoms with van der Waals surface area (Å²) >= 11 is 7.71. The van der Waals surface area contributed by atoms with Crippen LogP contribution >= 0.6 is 22.9 Å². The SMILES string of the molecule is CCOC(=O)C1CCCC(c2nnc(-c3cc(Cl)ccc3OCC)s2)C1. The van der Waals surface area contributed by atoms with Crippen LogP contribution < -0.4 is 4.74 Å². The molecule has 0 saturated heterocycles. The lowest BCUT2D eigenvalue weighted by Gasteiger charge is -2.25. The fraction of sp³-hybridized carbons (Fsp3) is 0.526. The summed E-state index contributed by atoms with van der Waals surface area (Å²) in [6.45, 7) is 4.79. The van der Waals surface area contributed by atoms with Crippen LogP contribution in [0.2, 0.25) is 5.02 Å². The summed E-state index contributed by atoms with van der Waals surface area (Å²) in [5.74, 6) is 0.883. The summed E-state index contributed by atoms with van der Waals surface area (Å²) in [6, 6.07) is 5.53. The molecular formula is C19H23ClN2O3S. The quantitative estimate of drug-likeness (QED) is 0.638. The van der Waals surface area contributed by atoms with Crippen LogP contribution in [0.25, 0.3) is 10.6 Å². The first-order chi connectivity index (χ1) is 12.6. The Labute approximate surface area is 162 Å². The highest BCUT2D eigenvalue weighted by Crippen LogP contribution is 2.41. The van der Waals surface area contributed by atoms with Crippen LogP contribution in [0.4, 0.5) is 0 Å². The third-order valence-electron chi connectivity index (χ3n) is 4.56. The summed E-state index contributed by atoms with van der Waals surface area (Å²) < 4.78 is 10.9. The summed E-state index contributed by atoms with van der Waals surface area (Å²) in [4.78, 5) is 12.1. The number of carbonyl (C=O) groups is 1. The van der Waals surface area contributed by atoms with Crippen LogP contribution in [-0.2, 0) is 9.53 Å². The van der Waals surface area contributed by atoms with Crippen molar-refractivity contribution in [1.82, 2.24) is 10.2 Å². The minimum atomic E-state index is -0.0876. The predicted molar refractivity (Wildman–Crippen MR) is 103 cm³/mol. The van der Waals surface area contributed by atoms with Crippen LogP contribution in [0.1, 0.15) is 50.5 Å². The van der Waals surface area contributed by atoms with E-state index in [1.165, 1.54) is 0 Å². The molecule has 0 radical (unpaired) electrons. The third-order valence-corrected chi connectivity index (χ3v) is 5.91. The van der Waals surface area contributed by atoms with E-state index in [1.54, 1.807) is 11.3 Å². The molecule has 0 spiro atoms. The van der Waals surface area contributed by atoms with Crippen LogP contribution in [0, 0.1) is 5.92 Å². The van der Waals surface area contributed by atoms with Gasteiger partial charge in [-0.1, -0.05) is 29.4 Å². The fourth-order valence-corrected chi connectivity index (χ4v) is 4.53. The van der Waals surface area contributed by atoms with Gasteiger partial charge in [-0.3, -0.25) is 4.79 Å². The molecule has 1 fully saturated rings. The van der Waals surface area contributed by atoms with Gasteiger partial charge in [-0.15, -0.1) is 10.2 Å². The minimum Gasteiger partial charge on any atom is -0.493 e. The first-order valence-electron chi connectivity index (χ1n) is 9.05. The zero-order chi connectivity index (χ0) is 18.5. The summed E-state index contributed by atoms with van der Waals surface area (Å²) in [6.07, 6.45) is 3.70. The molecule has 3 rings (SSSR count). The molecule has 26 heavy (non-hydrogen) atoms. The summed E-state index contributed by atoms with van der Waals surface area (Å²) in [5, 5.41) is 11.2. The van der Waals surface area contributed by atoms with E-state index >= 15 is 0 Å². The average Bonchev–Trinajstić information content (AvgIpc) is 3.14. The predicted octanol–water partition coefficient (Wildman–Crippen LogP) is 5.09. The van der Waals surface area contributed by atoms with Gasteiger partial charge in [0.05, 0.1) is 24.7 Å². The van der Waals surface area contributed by atoms with Gasteiger partial charge in [-0.2, -0.15) is 0 Å². The van der Waals surface area contributed by atoms with Crippen molar-refractivity contribution in [2.24, 2.45) is 5.92 Å². The number of carbonyl (C=O) groups excluding carboxylic acids is 1. The second-order valence-corrected chi connectivity index (χ2v) is 7.78. The fourth-order valence-electron chi connectivity index (χ4n) is 3.35. The Bertz CT molecular complexity index is 765. The second-order valence-electron chi connectivity index (χ2n) is 6.33. The van der Waals surface area contributed by atoms with Crippen molar-refractivity contribution < 1.29 is 14.3 Å². The van der Waals surface area contributed by atoms with Gasteiger partial charge >= 0.3 is 5.97 Å². The molecular weight excluding hydrogens is 372 g/mol. The van der Waals surface area contributed by atoms with Gasteiger partial charge in [0.1, 0.15) is 10.8 Å². The summed E-state index contributed by atoms with van der Waals surface area (Å²) in [5.41, 5.74) is 0.862. The van der Waals surface area contributed by atoms with Crippen LogP contribution in [-0.4, -0.2) is 29.4 Å². The highest BCUT2D eigenvalue weighted by Gasteiger charge is 2.31. The normalized spacial score (nSPS) is 20.0. The Morgan fingerprint density at radius 1 is 1.27 bits per heavy atom. The molecule has 1 aliphatic rings. The van der Waals surface area contributed by atoms with Gasteiger partial charge in [-0.25, -0.2) is 0 Å². The standard InChI is InChI=1S/C19H23ClN2O3S/c1-3-24-16-9-8-14(20)11-15(16)18-22-21-17(26-18)12-6-5-7-13(10-12)19(23)25-4-2/h8-9,11-13H,3-7,10H2,1-2H3. The van der Waals surface area contributed by atoms with E-state index in [2.05, 4.69) is 10.2 Å². The van der Waals surface area contributed by atoms with E-state index in [0.717, 1.165) is 47.0 Å². The molecule has 0 amide bonds. The second kappa shape index (κ2) is 8.82. The molecule has 2 aromatic rings. The first kappa shape index (κ1) is 19.1. The molecule has 1 heterocycles. The molecule has 1 aromatic carbocycles. The van der Waals surface area contributed by atoms with Crippen molar-refractivity contribution in [1.29, 1.82) is 0 Å². The van der Waals surface area contributed by atoms with Crippen LogP contribution in [0.3, 0.4) is 0 Å². The highest BCUT2D eigenvalue weighted by atomic mass is 35.5. The molecule has 1 aliphatic carbocycles. The molecule has 7 heteroatoms. The van der Waals surface area contributed by atoms with E-state index in [-0.39, 0.29) is 17.8 Å². The van der Waals surface area contributed by atoms with Gasteiger partial charge in [0.2, 0.25) is 0 Å². The maximum atomic E-state index is 12.1. The Hall–Kier alpha value is -1.66. The van der Waals surface area contributed by atoms with Crippen molar-refractivity contribution in [2.75, 3.05) is 13.2 Å². The summed E-state index contributed by atoms with van der Waals surface area (Å²) in [7, 11) is 0. The number of hydrogen-bond acceptors (Lipinski definition) is 6. The zero-order valence-electron chi connectivity index (χ0n) is 15.0. The number of aromatic nitrogens is 2. The molecule has 0 bridgehead atoms. The Kier molecular flexibility index (Phi) is 6.48. The minimum absolute atomic E-state index is 0.0359. The van der Waals surface area contributed by atoms with Crippen molar-refractivity contribution in [3.05, 3.63) is 28.2 Å². The van der Waals surface area contributed by atoms with E-state index in [4.69, 9.17) is 21.1 Å². The van der Waals surface area contributed by atoms with Gasteiger partial charge in [0.15, 0.2) is 5.01 Å². The Morgan fingerprint density at radius 2 is 2.12 bits per heavy atom. The lowest BCUT2D eigenvalue weighted by molar-refractivity contribution is -0.149. The number of rotatable bonds is 6. The molecule has 1 saturated carbocycles. The molecule has 1 aromatic heterocycles. The van der Waals surface area contributed by atoms with Crippen LogP contribution in [0.5, 0.6) is 5.75 Å². The van der Waals surface area contributed by atoms with E-state index < -0.39 is 0 Å². The lowest BCUT2D eigenvalue weighted by atomic mass is 9.82. The van der Waals surface area contributed by atoms with Crippen molar-refractivity contribution >= 4 is 28.9 Å². The van der Waals surface area contributed by atoms with Gasteiger partial charge in [-0.05, 0) is 51.3 Å². The van der Waals surface area contributed by atoms with Crippen molar-refractivity contribution in [2.45, 2.75) is 45.4 Å². The number of esters is 1. The lowest BCUT2D eigenvalue weighted by Crippen LogP contribution is -2.24. The molecule has 0 aliphatic heterocycles. The number of halogens is 1. The van der Waals surface area contributed by atoms with Crippen LogP contribution in [0.15, 0.2) is 18.2 Å². The number of ether oxygens (including phenoxy) is 2. The van der Waals surface area contributed by atoms with Crippen molar-refractivity contribution in [3.63, 3.8) is 0 Å². The van der Waals surface area contributed by atoms with Gasteiger partial charge in [0.25, 0.3) is 0 Å². The zero-order valence-corrected chi connectivity index (χ0v) is 16.6.